The Morgan fingerprint density at radius 1 is 1.21 bits per heavy atom. The number of aryl methyl sites for hydroxylation is 1. The van der Waals surface area contributed by atoms with E-state index in [0.29, 0.717) is 5.92 Å². The van der Waals surface area contributed by atoms with Crippen LogP contribution in [0.4, 0.5) is 11.4 Å². The zero-order chi connectivity index (χ0) is 17.7. The Morgan fingerprint density at radius 2 is 1.88 bits per heavy atom. The van der Waals surface area contributed by atoms with E-state index in [4.69, 9.17) is 0 Å². The van der Waals surface area contributed by atoms with Crippen molar-refractivity contribution in [2.75, 3.05) is 11.1 Å². The van der Waals surface area contributed by atoms with Crippen molar-refractivity contribution in [3.8, 4) is 0 Å². The van der Waals surface area contributed by atoms with E-state index in [2.05, 4.69) is 19.2 Å². The third-order valence-corrected chi connectivity index (χ3v) is 4.62. The number of amides is 1. The average molecular weight is 344 g/mol. The molecular weight excluding hydrogens is 324 g/mol. The van der Waals surface area contributed by atoms with E-state index in [0.717, 1.165) is 21.7 Å². The summed E-state index contributed by atoms with van der Waals surface area (Å²) in [7, 11) is 0. The van der Waals surface area contributed by atoms with E-state index in [9.17, 15) is 14.9 Å². The van der Waals surface area contributed by atoms with Crippen molar-refractivity contribution in [2.45, 2.75) is 31.6 Å². The number of hydrogen-bond acceptors (Lipinski definition) is 4. The summed E-state index contributed by atoms with van der Waals surface area (Å²) in [6, 6.07) is 12.2. The molecule has 0 saturated carbocycles. The summed E-state index contributed by atoms with van der Waals surface area (Å²) in [5.41, 5.74) is 3.07. The van der Waals surface area contributed by atoms with Gasteiger partial charge in [0.15, 0.2) is 0 Å². The highest BCUT2D eigenvalue weighted by Crippen LogP contribution is 2.28. The van der Waals surface area contributed by atoms with Crippen LogP contribution in [0.25, 0.3) is 0 Å². The standard InChI is InChI=1S/C18H20N2O3S/c1-12(2)16-6-4-5-13(3)18(16)19-17(21)11-24-15-9-7-14(8-10-15)20(22)23/h4-10,12H,11H2,1-3H3,(H,19,21). The molecule has 6 heteroatoms. The molecule has 0 aliphatic rings. The van der Waals surface area contributed by atoms with E-state index in [1.165, 1.54) is 23.9 Å². The summed E-state index contributed by atoms with van der Waals surface area (Å²) in [5, 5.41) is 13.6. The molecule has 2 rings (SSSR count). The topological polar surface area (TPSA) is 72.2 Å². The maximum atomic E-state index is 12.2. The van der Waals surface area contributed by atoms with E-state index in [1.54, 1.807) is 12.1 Å². The first-order chi connectivity index (χ1) is 11.4. The molecule has 1 N–H and O–H groups in total. The molecule has 5 nitrogen and oxygen atoms in total. The average Bonchev–Trinajstić information content (AvgIpc) is 2.55. The van der Waals surface area contributed by atoms with Gasteiger partial charge in [-0.05, 0) is 36.1 Å². The first-order valence-electron chi connectivity index (χ1n) is 7.65. The number of thioether (sulfide) groups is 1. The van der Waals surface area contributed by atoms with Gasteiger partial charge in [0, 0.05) is 22.7 Å². The second-order valence-electron chi connectivity index (χ2n) is 5.78. The van der Waals surface area contributed by atoms with Gasteiger partial charge in [-0.1, -0.05) is 32.0 Å². The van der Waals surface area contributed by atoms with Crippen molar-refractivity contribution in [1.29, 1.82) is 0 Å². The quantitative estimate of drug-likeness (QED) is 0.466. The summed E-state index contributed by atoms with van der Waals surface area (Å²) in [4.78, 5) is 23.3. The van der Waals surface area contributed by atoms with Crippen molar-refractivity contribution >= 4 is 29.0 Å². The van der Waals surface area contributed by atoms with E-state index >= 15 is 0 Å². The number of rotatable bonds is 6. The maximum absolute atomic E-state index is 12.2. The molecule has 0 unspecified atom stereocenters. The Hall–Kier alpha value is -2.34. The second-order valence-corrected chi connectivity index (χ2v) is 6.83. The number of benzene rings is 2. The lowest BCUT2D eigenvalue weighted by molar-refractivity contribution is -0.384. The number of carbonyl (C=O) groups is 1. The van der Waals surface area contributed by atoms with Gasteiger partial charge in [-0.15, -0.1) is 11.8 Å². The molecule has 0 aliphatic carbocycles. The number of carbonyl (C=O) groups excluding carboxylic acids is 1. The molecule has 126 valence electrons. The third kappa shape index (κ3) is 4.58. The number of para-hydroxylation sites is 1. The first kappa shape index (κ1) is 18.0. The summed E-state index contributed by atoms with van der Waals surface area (Å²) in [5.74, 6) is 0.487. The van der Waals surface area contributed by atoms with Crippen molar-refractivity contribution in [3.05, 3.63) is 63.7 Å². The molecular formula is C18H20N2O3S. The first-order valence-corrected chi connectivity index (χ1v) is 8.63. The van der Waals surface area contributed by atoms with E-state index in [1.807, 2.05) is 25.1 Å². The van der Waals surface area contributed by atoms with Gasteiger partial charge >= 0.3 is 0 Å². The molecule has 2 aromatic rings. The molecule has 2 aromatic carbocycles. The van der Waals surface area contributed by atoms with Gasteiger partial charge in [-0.2, -0.15) is 0 Å². The molecule has 0 aliphatic heterocycles. The van der Waals surface area contributed by atoms with Crippen LogP contribution < -0.4 is 5.32 Å². The predicted octanol–water partition coefficient (Wildman–Crippen LogP) is 4.76. The zero-order valence-electron chi connectivity index (χ0n) is 13.9. The van der Waals surface area contributed by atoms with Crippen LogP contribution in [-0.2, 0) is 4.79 Å². The van der Waals surface area contributed by atoms with Gasteiger partial charge in [0.1, 0.15) is 0 Å². The van der Waals surface area contributed by atoms with E-state index < -0.39 is 4.92 Å². The molecule has 1 amide bonds. The zero-order valence-corrected chi connectivity index (χ0v) is 14.7. The summed E-state index contributed by atoms with van der Waals surface area (Å²) < 4.78 is 0. The largest absolute Gasteiger partial charge is 0.325 e. The van der Waals surface area contributed by atoms with Crippen molar-refractivity contribution in [1.82, 2.24) is 0 Å². The minimum Gasteiger partial charge on any atom is -0.325 e. The third-order valence-electron chi connectivity index (χ3n) is 3.61. The normalized spacial score (nSPS) is 10.7. The van der Waals surface area contributed by atoms with Crippen LogP contribution in [0.1, 0.15) is 30.9 Å². The Labute approximate surface area is 145 Å². The minimum absolute atomic E-state index is 0.0466. The fourth-order valence-electron chi connectivity index (χ4n) is 2.33. The highest BCUT2D eigenvalue weighted by Gasteiger charge is 2.12. The molecule has 0 bridgehead atoms. The van der Waals surface area contributed by atoms with Gasteiger partial charge in [-0.3, -0.25) is 14.9 Å². The fourth-order valence-corrected chi connectivity index (χ4v) is 3.03. The minimum atomic E-state index is -0.438. The van der Waals surface area contributed by atoms with Crippen LogP contribution in [0.3, 0.4) is 0 Å². The van der Waals surface area contributed by atoms with Gasteiger partial charge in [0.25, 0.3) is 5.69 Å². The molecule has 0 heterocycles. The van der Waals surface area contributed by atoms with Crippen LogP contribution in [0.15, 0.2) is 47.4 Å². The van der Waals surface area contributed by atoms with E-state index in [-0.39, 0.29) is 17.3 Å². The van der Waals surface area contributed by atoms with Crippen LogP contribution in [0.5, 0.6) is 0 Å². The van der Waals surface area contributed by atoms with Crippen LogP contribution in [0.2, 0.25) is 0 Å². The lowest BCUT2D eigenvalue weighted by atomic mass is 9.98. The van der Waals surface area contributed by atoms with Crippen molar-refractivity contribution in [2.24, 2.45) is 0 Å². The predicted molar refractivity (Wildman–Crippen MR) is 97.7 cm³/mol. The Kier molecular flexibility index (Phi) is 5.98. The highest BCUT2D eigenvalue weighted by atomic mass is 32.2. The van der Waals surface area contributed by atoms with Gasteiger partial charge in [0.2, 0.25) is 5.91 Å². The Bertz CT molecular complexity index is 742. The molecule has 0 saturated heterocycles. The van der Waals surface area contributed by atoms with Gasteiger partial charge in [-0.25, -0.2) is 0 Å². The number of nitro groups is 1. The molecule has 0 aromatic heterocycles. The second kappa shape index (κ2) is 7.97. The molecule has 24 heavy (non-hydrogen) atoms. The molecule has 0 atom stereocenters. The maximum Gasteiger partial charge on any atom is 0.269 e. The smallest absolute Gasteiger partial charge is 0.269 e. The molecule has 0 spiro atoms. The SMILES string of the molecule is Cc1cccc(C(C)C)c1NC(=O)CSc1ccc([N+](=O)[O-])cc1. The van der Waals surface area contributed by atoms with Crippen molar-refractivity contribution < 1.29 is 9.72 Å². The van der Waals surface area contributed by atoms with Gasteiger partial charge in [0.05, 0.1) is 10.7 Å². The number of nitrogens with zero attached hydrogens (tertiary/aromatic N) is 1. The number of anilines is 1. The van der Waals surface area contributed by atoms with Crippen LogP contribution >= 0.6 is 11.8 Å². The summed E-state index contributed by atoms with van der Waals surface area (Å²) in [6.45, 7) is 6.16. The van der Waals surface area contributed by atoms with Gasteiger partial charge < -0.3 is 5.32 Å². The lowest BCUT2D eigenvalue weighted by Crippen LogP contribution is -2.16. The lowest BCUT2D eigenvalue weighted by Gasteiger charge is -2.16. The number of hydrogen-bond donors (Lipinski definition) is 1. The van der Waals surface area contributed by atoms with Crippen molar-refractivity contribution in [3.63, 3.8) is 0 Å². The Balaban J connectivity index is 2.00. The Morgan fingerprint density at radius 3 is 2.46 bits per heavy atom. The van der Waals surface area contributed by atoms with Crippen LogP contribution in [-0.4, -0.2) is 16.6 Å². The molecule has 0 radical (unpaired) electrons. The summed E-state index contributed by atoms with van der Waals surface area (Å²) in [6.07, 6.45) is 0. The highest BCUT2D eigenvalue weighted by molar-refractivity contribution is 8.00. The summed E-state index contributed by atoms with van der Waals surface area (Å²) >= 11 is 1.35. The molecule has 0 fully saturated rings. The fraction of sp³-hybridized carbons (Fsp3) is 0.278. The number of nitrogens with one attached hydrogen (secondary N) is 1. The number of non-ortho nitro benzene ring substituents is 1. The number of nitro benzene ring substituents is 1. The monoisotopic (exact) mass is 344 g/mol. The van der Waals surface area contributed by atoms with Crippen LogP contribution in [0, 0.1) is 17.0 Å².